The average molecular weight is 283 g/mol. The molecule has 1 heterocycles. The monoisotopic (exact) mass is 282 g/mol. The highest BCUT2D eigenvalue weighted by Gasteiger charge is 2.26. The number of rotatable bonds is 6. The van der Waals surface area contributed by atoms with Gasteiger partial charge >= 0.3 is 6.18 Å². The van der Waals surface area contributed by atoms with E-state index in [9.17, 15) is 13.2 Å². The quantitative estimate of drug-likeness (QED) is 0.719. The Morgan fingerprint density at radius 3 is 2.33 bits per heavy atom. The molecule has 6 heteroatoms. The molecule has 0 unspecified atom stereocenters. The van der Waals surface area contributed by atoms with E-state index < -0.39 is 12.6 Å². The van der Waals surface area contributed by atoms with Gasteiger partial charge in [-0.25, -0.2) is 0 Å². The molecule has 18 heavy (non-hydrogen) atoms. The maximum atomic E-state index is 12.1. The molecule has 0 N–H and O–H groups in total. The molecule has 0 bridgehead atoms. The largest absolute Gasteiger partial charge is 0.389 e. The van der Waals surface area contributed by atoms with E-state index in [-0.39, 0.29) is 6.42 Å². The van der Waals surface area contributed by atoms with Crippen molar-refractivity contribution in [2.24, 2.45) is 0 Å². The lowest BCUT2D eigenvalue weighted by atomic mass is 10.1. The van der Waals surface area contributed by atoms with Crippen LogP contribution >= 0.6 is 11.6 Å². The van der Waals surface area contributed by atoms with E-state index in [1.54, 1.807) is 4.68 Å². The summed E-state index contributed by atoms with van der Waals surface area (Å²) >= 11 is 5.88. The summed E-state index contributed by atoms with van der Waals surface area (Å²) in [5, 5.41) is 4.35. The second-order valence-electron chi connectivity index (χ2n) is 4.15. The van der Waals surface area contributed by atoms with Crippen LogP contribution in [-0.4, -0.2) is 16.0 Å². The Kier molecular flexibility index (Phi) is 5.50. The number of aryl methyl sites for hydroxylation is 2. The predicted molar refractivity (Wildman–Crippen MR) is 65.8 cm³/mol. The van der Waals surface area contributed by atoms with Gasteiger partial charge in [0.25, 0.3) is 0 Å². The molecule has 0 saturated carbocycles. The van der Waals surface area contributed by atoms with Crippen LogP contribution < -0.4 is 0 Å². The highest BCUT2D eigenvalue weighted by atomic mass is 35.5. The molecule has 0 spiro atoms. The fraction of sp³-hybridized carbons (Fsp3) is 0.750. The summed E-state index contributed by atoms with van der Waals surface area (Å²) in [6.45, 7) is 4.23. The van der Waals surface area contributed by atoms with Gasteiger partial charge in [0.1, 0.15) is 0 Å². The van der Waals surface area contributed by atoms with E-state index in [4.69, 9.17) is 11.6 Å². The molecule has 1 aromatic heterocycles. The highest BCUT2D eigenvalue weighted by Crippen LogP contribution is 2.23. The van der Waals surface area contributed by atoms with Crippen molar-refractivity contribution in [1.82, 2.24) is 9.78 Å². The van der Waals surface area contributed by atoms with Gasteiger partial charge in [-0.1, -0.05) is 13.8 Å². The van der Waals surface area contributed by atoms with Gasteiger partial charge in [0.2, 0.25) is 0 Å². The fourth-order valence-corrected chi connectivity index (χ4v) is 2.35. The molecule has 0 fully saturated rings. The Balaban J connectivity index is 2.79. The Morgan fingerprint density at radius 1 is 1.22 bits per heavy atom. The number of hydrogen-bond acceptors (Lipinski definition) is 1. The second-order valence-corrected chi connectivity index (χ2v) is 4.42. The molecular formula is C12H18ClF3N2. The fourth-order valence-electron chi connectivity index (χ4n) is 2.04. The van der Waals surface area contributed by atoms with Crippen molar-refractivity contribution in [3.63, 3.8) is 0 Å². The SMILES string of the molecule is CCc1nn(CCCC(F)(F)F)c(CC)c1CCl. The normalized spacial score (nSPS) is 12.1. The number of hydrogen-bond donors (Lipinski definition) is 0. The molecule has 2 nitrogen and oxygen atoms in total. The van der Waals surface area contributed by atoms with Crippen molar-refractivity contribution in [3.8, 4) is 0 Å². The second kappa shape index (κ2) is 6.45. The predicted octanol–water partition coefficient (Wildman–Crippen LogP) is 4.09. The van der Waals surface area contributed by atoms with Crippen molar-refractivity contribution in [1.29, 1.82) is 0 Å². The minimum absolute atomic E-state index is 0.0586. The van der Waals surface area contributed by atoms with Crippen molar-refractivity contribution < 1.29 is 13.2 Å². The minimum atomic E-state index is -4.09. The molecule has 1 aromatic rings. The summed E-state index contributed by atoms with van der Waals surface area (Å²) in [4.78, 5) is 0. The Bertz CT molecular complexity index is 385. The number of halogens is 4. The van der Waals surface area contributed by atoms with Crippen LogP contribution in [0.2, 0.25) is 0 Å². The molecule has 0 radical (unpaired) electrons. The molecule has 1 rings (SSSR count). The zero-order valence-electron chi connectivity index (χ0n) is 10.6. The molecular weight excluding hydrogens is 265 g/mol. The zero-order chi connectivity index (χ0) is 13.8. The topological polar surface area (TPSA) is 17.8 Å². The van der Waals surface area contributed by atoms with Crippen LogP contribution in [0.5, 0.6) is 0 Å². The van der Waals surface area contributed by atoms with Crippen molar-refractivity contribution >= 4 is 11.6 Å². The maximum absolute atomic E-state index is 12.1. The summed E-state index contributed by atoms with van der Waals surface area (Å²) in [7, 11) is 0. The summed E-state index contributed by atoms with van der Waals surface area (Å²) < 4.78 is 38.0. The first-order valence-corrected chi connectivity index (χ1v) is 6.66. The van der Waals surface area contributed by atoms with E-state index >= 15 is 0 Å². The van der Waals surface area contributed by atoms with Gasteiger partial charge in [0.15, 0.2) is 0 Å². The molecule has 104 valence electrons. The minimum Gasteiger partial charge on any atom is -0.269 e. The Labute approximate surface area is 110 Å². The Hall–Kier alpha value is -0.710. The van der Waals surface area contributed by atoms with Crippen LogP contribution in [0, 0.1) is 0 Å². The van der Waals surface area contributed by atoms with Gasteiger partial charge in [-0.15, -0.1) is 11.6 Å². The van der Waals surface area contributed by atoms with Crippen LogP contribution in [0.4, 0.5) is 13.2 Å². The molecule has 0 saturated heterocycles. The lowest BCUT2D eigenvalue weighted by Crippen LogP contribution is -2.11. The zero-order valence-corrected chi connectivity index (χ0v) is 11.4. The van der Waals surface area contributed by atoms with E-state index in [1.807, 2.05) is 13.8 Å². The van der Waals surface area contributed by atoms with Crippen LogP contribution in [0.15, 0.2) is 0 Å². The highest BCUT2D eigenvalue weighted by molar-refractivity contribution is 6.17. The third kappa shape index (κ3) is 3.90. The molecule has 0 atom stereocenters. The number of aromatic nitrogens is 2. The van der Waals surface area contributed by atoms with E-state index in [0.29, 0.717) is 12.4 Å². The first-order valence-electron chi connectivity index (χ1n) is 6.13. The summed E-state index contributed by atoms with van der Waals surface area (Å²) in [6, 6.07) is 0. The summed E-state index contributed by atoms with van der Waals surface area (Å²) in [5.74, 6) is 0.367. The number of alkyl halides is 4. The number of nitrogens with zero attached hydrogens (tertiary/aromatic N) is 2. The van der Waals surface area contributed by atoms with Crippen LogP contribution in [0.1, 0.15) is 43.6 Å². The standard InChI is InChI=1S/C12H18ClF3N2/c1-3-10-9(8-13)11(4-2)18(17-10)7-5-6-12(14,15)16/h3-8H2,1-2H3. The van der Waals surface area contributed by atoms with Crippen LogP contribution in [-0.2, 0) is 25.3 Å². The molecule has 0 aromatic carbocycles. The van der Waals surface area contributed by atoms with Crippen LogP contribution in [0.25, 0.3) is 0 Å². The summed E-state index contributed by atoms with van der Waals surface area (Å²) in [5.41, 5.74) is 2.84. The lowest BCUT2D eigenvalue weighted by molar-refractivity contribution is -0.136. The lowest BCUT2D eigenvalue weighted by Gasteiger charge is -2.08. The smallest absolute Gasteiger partial charge is 0.269 e. The van der Waals surface area contributed by atoms with E-state index in [0.717, 1.165) is 29.8 Å². The first kappa shape index (κ1) is 15.3. The van der Waals surface area contributed by atoms with E-state index in [2.05, 4.69) is 5.10 Å². The maximum Gasteiger partial charge on any atom is 0.389 e. The van der Waals surface area contributed by atoms with Gasteiger partial charge < -0.3 is 0 Å². The van der Waals surface area contributed by atoms with Crippen LogP contribution in [0.3, 0.4) is 0 Å². The average Bonchev–Trinajstić information content (AvgIpc) is 2.64. The van der Waals surface area contributed by atoms with Gasteiger partial charge in [0.05, 0.1) is 11.6 Å². The van der Waals surface area contributed by atoms with Crippen molar-refractivity contribution in [2.75, 3.05) is 0 Å². The third-order valence-electron chi connectivity index (χ3n) is 2.88. The Morgan fingerprint density at radius 2 is 1.89 bits per heavy atom. The molecule has 0 amide bonds. The van der Waals surface area contributed by atoms with Gasteiger partial charge in [0, 0.05) is 24.2 Å². The molecule has 0 aliphatic heterocycles. The summed E-state index contributed by atoms with van der Waals surface area (Å²) in [6.07, 6.45) is -3.32. The van der Waals surface area contributed by atoms with Gasteiger partial charge in [-0.2, -0.15) is 18.3 Å². The van der Waals surface area contributed by atoms with Crippen molar-refractivity contribution in [3.05, 3.63) is 17.0 Å². The molecule has 0 aliphatic carbocycles. The van der Waals surface area contributed by atoms with Crippen molar-refractivity contribution in [2.45, 2.75) is 58.1 Å². The van der Waals surface area contributed by atoms with E-state index in [1.165, 1.54) is 0 Å². The van der Waals surface area contributed by atoms with Gasteiger partial charge in [-0.3, -0.25) is 4.68 Å². The third-order valence-corrected chi connectivity index (χ3v) is 3.15. The molecule has 0 aliphatic rings. The first-order chi connectivity index (χ1) is 8.42. The van der Waals surface area contributed by atoms with Gasteiger partial charge in [-0.05, 0) is 19.3 Å².